The van der Waals surface area contributed by atoms with Gasteiger partial charge in [0.05, 0.1) is 25.3 Å². The molecule has 1 N–H and O–H groups in total. The summed E-state index contributed by atoms with van der Waals surface area (Å²) in [6, 6.07) is 11.4. The number of hydrogen-bond acceptors (Lipinski definition) is 6. The summed E-state index contributed by atoms with van der Waals surface area (Å²) in [5.74, 6) is -1.14. The number of esters is 2. The van der Waals surface area contributed by atoms with Crippen LogP contribution in [0.3, 0.4) is 0 Å². The highest BCUT2D eigenvalue weighted by Gasteiger charge is 2.14. The molecule has 6 nitrogen and oxygen atoms in total. The molecule has 0 saturated heterocycles. The van der Waals surface area contributed by atoms with Gasteiger partial charge in [0.15, 0.2) is 5.78 Å². The molecule has 0 heterocycles. The summed E-state index contributed by atoms with van der Waals surface area (Å²) in [6.07, 6.45) is 0. The first-order valence-electron chi connectivity index (χ1n) is 7.14. The molecule has 0 aromatic heterocycles. The summed E-state index contributed by atoms with van der Waals surface area (Å²) in [5, 5.41) is 3.08. The molecule has 0 spiro atoms. The summed E-state index contributed by atoms with van der Waals surface area (Å²) in [5.41, 5.74) is 2.28. The van der Waals surface area contributed by atoms with Crippen LogP contribution in [0, 0.1) is 0 Å². The molecule has 0 bridgehead atoms. The van der Waals surface area contributed by atoms with Gasteiger partial charge in [-0.2, -0.15) is 0 Å². The number of carbonyl (C=O) groups excluding carboxylic acids is 3. The first-order valence-corrected chi connectivity index (χ1v) is 7.14. The Morgan fingerprint density at radius 1 is 0.750 bits per heavy atom. The van der Waals surface area contributed by atoms with Gasteiger partial charge in [-0.25, -0.2) is 9.59 Å². The zero-order valence-corrected chi connectivity index (χ0v) is 13.6. The van der Waals surface area contributed by atoms with Crippen LogP contribution in [0.2, 0.25) is 0 Å². The van der Waals surface area contributed by atoms with Gasteiger partial charge >= 0.3 is 11.9 Å². The number of ether oxygens (including phenoxy) is 2. The van der Waals surface area contributed by atoms with E-state index in [1.807, 2.05) is 0 Å². The Labute approximate surface area is 139 Å². The van der Waals surface area contributed by atoms with Crippen molar-refractivity contribution in [2.24, 2.45) is 0 Å². The van der Waals surface area contributed by atoms with E-state index in [-0.39, 0.29) is 16.9 Å². The van der Waals surface area contributed by atoms with Gasteiger partial charge in [0.2, 0.25) is 0 Å². The van der Waals surface area contributed by atoms with Crippen LogP contribution in [0.4, 0.5) is 11.4 Å². The largest absolute Gasteiger partial charge is 0.465 e. The normalized spacial score (nSPS) is 9.96. The van der Waals surface area contributed by atoms with Gasteiger partial charge in [-0.3, -0.25) is 4.79 Å². The molecule has 2 aromatic rings. The molecule has 0 aliphatic rings. The summed E-state index contributed by atoms with van der Waals surface area (Å²) < 4.78 is 9.39. The van der Waals surface area contributed by atoms with Gasteiger partial charge in [-0.15, -0.1) is 0 Å². The van der Waals surface area contributed by atoms with Crippen LogP contribution in [0.25, 0.3) is 0 Å². The van der Waals surface area contributed by atoms with Crippen molar-refractivity contribution in [1.29, 1.82) is 0 Å². The lowest BCUT2D eigenvalue weighted by molar-refractivity contribution is 0.0599. The van der Waals surface area contributed by atoms with Crippen LogP contribution in [-0.4, -0.2) is 31.9 Å². The zero-order valence-electron chi connectivity index (χ0n) is 13.6. The van der Waals surface area contributed by atoms with E-state index in [4.69, 9.17) is 9.47 Å². The molecule has 0 atom stereocenters. The van der Waals surface area contributed by atoms with Crippen LogP contribution < -0.4 is 5.32 Å². The van der Waals surface area contributed by atoms with Crippen molar-refractivity contribution in [3.63, 3.8) is 0 Å². The molecule has 124 valence electrons. The minimum Gasteiger partial charge on any atom is -0.465 e. The second kappa shape index (κ2) is 7.41. The van der Waals surface area contributed by atoms with E-state index >= 15 is 0 Å². The highest BCUT2D eigenvalue weighted by molar-refractivity contribution is 5.97. The predicted molar refractivity (Wildman–Crippen MR) is 88.9 cm³/mol. The Kier molecular flexibility index (Phi) is 5.31. The third-order valence-electron chi connectivity index (χ3n) is 3.36. The number of carbonyl (C=O) groups is 3. The SMILES string of the molecule is COC(=O)c1cc(Nc2ccc(C(C)=O)cc2)cc(C(=O)OC)c1. The average Bonchev–Trinajstić information content (AvgIpc) is 2.60. The number of ketones is 1. The molecule has 0 unspecified atom stereocenters. The zero-order chi connectivity index (χ0) is 17.7. The Bertz CT molecular complexity index is 746. The van der Waals surface area contributed by atoms with Gasteiger partial charge in [0.25, 0.3) is 0 Å². The molecule has 0 aliphatic heterocycles. The van der Waals surface area contributed by atoms with Crippen molar-refractivity contribution >= 4 is 29.1 Å². The van der Waals surface area contributed by atoms with E-state index in [0.717, 1.165) is 0 Å². The summed E-state index contributed by atoms with van der Waals surface area (Å²) in [4.78, 5) is 34.8. The third kappa shape index (κ3) is 3.98. The standard InChI is InChI=1S/C18H17NO5/c1-11(20)12-4-6-15(7-5-12)19-16-9-13(17(21)23-2)8-14(10-16)18(22)24-3/h4-10,19H,1-3H3. The minimum absolute atomic E-state index is 0.0257. The molecule has 24 heavy (non-hydrogen) atoms. The molecular weight excluding hydrogens is 310 g/mol. The van der Waals surface area contributed by atoms with E-state index < -0.39 is 11.9 Å². The van der Waals surface area contributed by atoms with Crippen LogP contribution in [0.1, 0.15) is 38.0 Å². The van der Waals surface area contributed by atoms with Crippen molar-refractivity contribution in [3.05, 3.63) is 59.2 Å². The average molecular weight is 327 g/mol. The van der Waals surface area contributed by atoms with E-state index in [1.165, 1.54) is 27.2 Å². The van der Waals surface area contributed by atoms with Crippen LogP contribution >= 0.6 is 0 Å². The maximum absolute atomic E-state index is 11.8. The molecule has 6 heteroatoms. The van der Waals surface area contributed by atoms with Crippen molar-refractivity contribution in [1.82, 2.24) is 0 Å². The van der Waals surface area contributed by atoms with Crippen molar-refractivity contribution < 1.29 is 23.9 Å². The van der Waals surface area contributed by atoms with Gasteiger partial charge in [0.1, 0.15) is 0 Å². The Morgan fingerprint density at radius 3 is 1.67 bits per heavy atom. The summed E-state index contributed by atoms with van der Waals surface area (Å²) in [7, 11) is 2.53. The van der Waals surface area contributed by atoms with E-state index in [9.17, 15) is 14.4 Å². The quantitative estimate of drug-likeness (QED) is 0.671. The maximum Gasteiger partial charge on any atom is 0.337 e. The van der Waals surface area contributed by atoms with Gasteiger partial charge < -0.3 is 14.8 Å². The maximum atomic E-state index is 11.8. The third-order valence-corrected chi connectivity index (χ3v) is 3.36. The molecule has 0 aliphatic carbocycles. The number of benzene rings is 2. The molecule has 2 aromatic carbocycles. The Morgan fingerprint density at radius 2 is 1.25 bits per heavy atom. The smallest absolute Gasteiger partial charge is 0.337 e. The first-order chi connectivity index (χ1) is 11.4. The molecule has 0 saturated carbocycles. The molecule has 0 fully saturated rings. The second-order valence-electron chi connectivity index (χ2n) is 5.04. The molecular formula is C18H17NO5. The fraction of sp³-hybridized carbons (Fsp3) is 0.167. The lowest BCUT2D eigenvalue weighted by Crippen LogP contribution is -2.07. The van der Waals surface area contributed by atoms with E-state index in [2.05, 4.69) is 5.32 Å². The summed E-state index contributed by atoms with van der Waals surface area (Å²) >= 11 is 0. The first kappa shape index (κ1) is 17.2. The van der Waals surface area contributed by atoms with Gasteiger partial charge in [0, 0.05) is 16.9 Å². The number of rotatable bonds is 5. The molecule has 0 amide bonds. The topological polar surface area (TPSA) is 81.7 Å². The fourth-order valence-corrected chi connectivity index (χ4v) is 2.13. The molecule has 0 radical (unpaired) electrons. The van der Waals surface area contributed by atoms with Crippen molar-refractivity contribution in [2.45, 2.75) is 6.92 Å². The van der Waals surface area contributed by atoms with Crippen LogP contribution in [0.5, 0.6) is 0 Å². The minimum atomic E-state index is -0.560. The Balaban J connectivity index is 2.35. The van der Waals surface area contributed by atoms with Crippen LogP contribution in [-0.2, 0) is 9.47 Å². The molecule has 2 rings (SSSR count). The summed E-state index contributed by atoms with van der Waals surface area (Å²) in [6.45, 7) is 1.49. The van der Waals surface area contributed by atoms with E-state index in [0.29, 0.717) is 16.9 Å². The lowest BCUT2D eigenvalue weighted by Gasteiger charge is -2.10. The monoisotopic (exact) mass is 327 g/mol. The predicted octanol–water partition coefficient (Wildman–Crippen LogP) is 3.21. The van der Waals surface area contributed by atoms with E-state index in [1.54, 1.807) is 36.4 Å². The number of nitrogens with one attached hydrogen (secondary N) is 1. The highest BCUT2D eigenvalue weighted by atomic mass is 16.5. The Hall–Kier alpha value is -3.15. The number of hydrogen-bond donors (Lipinski definition) is 1. The lowest BCUT2D eigenvalue weighted by atomic mass is 10.1. The number of Topliss-reactive ketones (excluding diaryl/α,β-unsaturated/α-hetero) is 1. The second-order valence-corrected chi connectivity index (χ2v) is 5.04. The van der Waals surface area contributed by atoms with Gasteiger partial charge in [-0.1, -0.05) is 0 Å². The van der Waals surface area contributed by atoms with Crippen molar-refractivity contribution in [2.75, 3.05) is 19.5 Å². The van der Waals surface area contributed by atoms with Gasteiger partial charge in [-0.05, 0) is 49.4 Å². The fourth-order valence-electron chi connectivity index (χ4n) is 2.13. The number of methoxy groups -OCH3 is 2. The number of anilines is 2. The van der Waals surface area contributed by atoms with Crippen LogP contribution in [0.15, 0.2) is 42.5 Å². The highest BCUT2D eigenvalue weighted by Crippen LogP contribution is 2.22. The van der Waals surface area contributed by atoms with Crippen molar-refractivity contribution in [3.8, 4) is 0 Å².